The summed E-state index contributed by atoms with van der Waals surface area (Å²) in [5.41, 5.74) is 3.62. The summed E-state index contributed by atoms with van der Waals surface area (Å²) in [7, 11) is -3.86. The van der Waals surface area contributed by atoms with Crippen molar-refractivity contribution in [3.8, 4) is 0 Å². The molecule has 1 saturated carbocycles. The fourth-order valence-corrected chi connectivity index (χ4v) is 6.80. The van der Waals surface area contributed by atoms with Gasteiger partial charge in [-0.15, -0.1) is 0 Å². The van der Waals surface area contributed by atoms with Crippen LogP contribution in [0.2, 0.25) is 10.0 Å². The molecule has 0 aromatic heterocycles. The lowest BCUT2D eigenvalue weighted by molar-refractivity contribution is -0.140. The van der Waals surface area contributed by atoms with E-state index >= 15 is 0 Å². The minimum atomic E-state index is -3.86. The number of nitrogens with one attached hydrogen (secondary N) is 1. The molecule has 43 heavy (non-hydrogen) atoms. The van der Waals surface area contributed by atoms with Crippen LogP contribution in [-0.2, 0) is 32.6 Å². The summed E-state index contributed by atoms with van der Waals surface area (Å²) in [5, 5.41) is 3.89. The van der Waals surface area contributed by atoms with E-state index in [1.165, 1.54) is 4.90 Å². The highest BCUT2D eigenvalue weighted by atomic mass is 35.5. The maximum Gasteiger partial charge on any atom is 0.244 e. The van der Waals surface area contributed by atoms with Crippen molar-refractivity contribution in [2.45, 2.75) is 71.0 Å². The third-order valence-corrected chi connectivity index (χ3v) is 9.92. The highest BCUT2D eigenvalue weighted by molar-refractivity contribution is 7.92. The summed E-state index contributed by atoms with van der Waals surface area (Å²) in [5.74, 6) is -0.830. The molecule has 0 unspecified atom stereocenters. The van der Waals surface area contributed by atoms with E-state index in [0.29, 0.717) is 21.3 Å². The highest BCUT2D eigenvalue weighted by Gasteiger charge is 2.34. The molecule has 7 nitrogen and oxygen atoms in total. The van der Waals surface area contributed by atoms with Gasteiger partial charge >= 0.3 is 0 Å². The summed E-state index contributed by atoms with van der Waals surface area (Å²) in [6.07, 6.45) is 6.26. The van der Waals surface area contributed by atoms with Crippen molar-refractivity contribution in [1.82, 2.24) is 10.2 Å². The number of benzene rings is 3. The van der Waals surface area contributed by atoms with E-state index in [-0.39, 0.29) is 24.9 Å². The fraction of sp³-hybridized carbons (Fsp3) is 0.394. The summed E-state index contributed by atoms with van der Waals surface area (Å²) in [6, 6.07) is 18.9. The molecule has 10 heteroatoms. The second-order valence-electron chi connectivity index (χ2n) is 11.3. The average Bonchev–Trinajstić information content (AvgIpc) is 2.97. The van der Waals surface area contributed by atoms with Crippen LogP contribution < -0.4 is 9.62 Å². The maximum absolute atomic E-state index is 14.3. The minimum absolute atomic E-state index is 0.0171. The van der Waals surface area contributed by atoms with E-state index in [9.17, 15) is 18.0 Å². The van der Waals surface area contributed by atoms with Crippen LogP contribution in [0, 0.1) is 13.8 Å². The number of hydrogen-bond acceptors (Lipinski definition) is 4. The van der Waals surface area contributed by atoms with Gasteiger partial charge in [-0.05, 0) is 67.6 Å². The van der Waals surface area contributed by atoms with Crippen LogP contribution >= 0.6 is 23.2 Å². The number of sulfonamides is 1. The largest absolute Gasteiger partial charge is 0.352 e. The van der Waals surface area contributed by atoms with Gasteiger partial charge in [0.25, 0.3) is 0 Å². The van der Waals surface area contributed by atoms with E-state index in [1.54, 1.807) is 30.3 Å². The van der Waals surface area contributed by atoms with E-state index < -0.39 is 28.5 Å². The number of aryl methyl sites for hydroxylation is 2. The number of carbonyl (C=O) groups is 2. The second kappa shape index (κ2) is 14.6. The fourth-order valence-electron chi connectivity index (χ4n) is 5.45. The van der Waals surface area contributed by atoms with Crippen LogP contribution in [0.3, 0.4) is 0 Å². The first-order valence-electron chi connectivity index (χ1n) is 14.6. The molecule has 0 radical (unpaired) electrons. The number of amides is 2. The summed E-state index contributed by atoms with van der Waals surface area (Å²) >= 11 is 13.1. The SMILES string of the molecule is Cc1ccc(N(CC(=O)N(Cc2c(Cl)cccc2Cl)[C@@H](Cc2ccccc2)C(=O)NC2CCCCC2)S(C)(=O)=O)cc1C. The molecule has 0 saturated heterocycles. The van der Waals surface area contributed by atoms with Gasteiger partial charge in [-0.1, -0.05) is 84.9 Å². The monoisotopic (exact) mass is 643 g/mol. The molecule has 0 bridgehead atoms. The lowest BCUT2D eigenvalue weighted by atomic mass is 9.94. The molecule has 1 aliphatic carbocycles. The molecule has 0 aliphatic heterocycles. The van der Waals surface area contributed by atoms with Crippen LogP contribution in [0.4, 0.5) is 5.69 Å². The summed E-state index contributed by atoms with van der Waals surface area (Å²) < 4.78 is 27.2. The van der Waals surface area contributed by atoms with Gasteiger partial charge in [0.15, 0.2) is 0 Å². The Balaban J connectivity index is 1.76. The summed E-state index contributed by atoms with van der Waals surface area (Å²) in [6.45, 7) is 3.25. The van der Waals surface area contributed by atoms with Crippen molar-refractivity contribution in [2.75, 3.05) is 17.1 Å². The Labute approximate surface area is 265 Å². The van der Waals surface area contributed by atoms with E-state index in [0.717, 1.165) is 59.4 Å². The van der Waals surface area contributed by atoms with Gasteiger partial charge < -0.3 is 10.2 Å². The lowest BCUT2D eigenvalue weighted by Gasteiger charge is -2.35. The van der Waals surface area contributed by atoms with E-state index in [1.807, 2.05) is 50.2 Å². The zero-order chi connectivity index (χ0) is 31.1. The first-order valence-corrected chi connectivity index (χ1v) is 17.2. The molecule has 4 rings (SSSR count). The number of nitrogens with zero attached hydrogens (tertiary/aromatic N) is 2. The standard InChI is InChI=1S/C33H39Cl2N3O4S/c1-23-17-18-27(19-24(23)2)38(43(3,41)42)22-32(39)37(21-28-29(34)15-10-16-30(28)35)31(20-25-11-6-4-7-12-25)33(40)36-26-13-8-5-9-14-26/h4,6-7,10-12,15-19,26,31H,5,8-9,13-14,20-22H2,1-3H3,(H,36,40)/t31-/m0/s1. The van der Waals surface area contributed by atoms with Gasteiger partial charge in [0, 0.05) is 34.6 Å². The maximum atomic E-state index is 14.3. The van der Waals surface area contributed by atoms with Crippen LogP contribution in [0.15, 0.2) is 66.7 Å². The quantitative estimate of drug-likeness (QED) is 0.260. The molecular formula is C33H39Cl2N3O4S. The Hall–Kier alpha value is -3.07. The van der Waals surface area contributed by atoms with E-state index in [4.69, 9.17) is 23.2 Å². The van der Waals surface area contributed by atoms with Crippen molar-refractivity contribution >= 4 is 50.7 Å². The Morgan fingerprint density at radius 3 is 2.16 bits per heavy atom. The first kappa shape index (κ1) is 32.8. The van der Waals surface area contributed by atoms with Crippen molar-refractivity contribution in [1.29, 1.82) is 0 Å². The normalized spacial score (nSPS) is 14.6. The highest BCUT2D eigenvalue weighted by Crippen LogP contribution is 2.29. The number of anilines is 1. The Morgan fingerprint density at radius 2 is 1.56 bits per heavy atom. The third-order valence-electron chi connectivity index (χ3n) is 8.07. The number of halogens is 2. The van der Waals surface area contributed by atoms with Crippen LogP contribution in [-0.4, -0.2) is 50.0 Å². The van der Waals surface area contributed by atoms with Crippen molar-refractivity contribution in [3.05, 3.63) is 99.0 Å². The van der Waals surface area contributed by atoms with Gasteiger partial charge in [-0.2, -0.15) is 0 Å². The molecule has 2 amide bonds. The Kier molecular flexibility index (Phi) is 11.2. The molecule has 1 atom stereocenters. The topological polar surface area (TPSA) is 86.8 Å². The summed E-state index contributed by atoms with van der Waals surface area (Å²) in [4.78, 5) is 29.8. The number of hydrogen-bond donors (Lipinski definition) is 1. The predicted octanol–water partition coefficient (Wildman–Crippen LogP) is 6.47. The van der Waals surface area contributed by atoms with Gasteiger partial charge in [0.1, 0.15) is 12.6 Å². The average molecular weight is 645 g/mol. The lowest BCUT2D eigenvalue weighted by Crippen LogP contribution is -2.55. The molecule has 1 N–H and O–H groups in total. The second-order valence-corrected chi connectivity index (χ2v) is 14.0. The molecular weight excluding hydrogens is 605 g/mol. The molecule has 230 valence electrons. The van der Waals surface area contributed by atoms with Crippen molar-refractivity contribution in [3.63, 3.8) is 0 Å². The molecule has 1 aliphatic rings. The van der Waals surface area contributed by atoms with Crippen molar-refractivity contribution in [2.24, 2.45) is 0 Å². The molecule has 3 aromatic rings. The van der Waals surface area contributed by atoms with E-state index in [2.05, 4.69) is 5.32 Å². The first-order chi connectivity index (χ1) is 20.4. The Bertz CT molecular complexity index is 1520. The minimum Gasteiger partial charge on any atom is -0.352 e. The molecule has 0 heterocycles. The van der Waals surface area contributed by atoms with Gasteiger partial charge in [-0.3, -0.25) is 13.9 Å². The van der Waals surface area contributed by atoms with Crippen LogP contribution in [0.5, 0.6) is 0 Å². The zero-order valence-electron chi connectivity index (χ0n) is 24.9. The zero-order valence-corrected chi connectivity index (χ0v) is 27.2. The molecule has 0 spiro atoms. The van der Waals surface area contributed by atoms with Gasteiger partial charge in [-0.25, -0.2) is 8.42 Å². The molecule has 3 aromatic carbocycles. The predicted molar refractivity (Wildman–Crippen MR) is 174 cm³/mol. The number of rotatable bonds is 11. The van der Waals surface area contributed by atoms with Gasteiger partial charge in [0.2, 0.25) is 21.8 Å². The Morgan fingerprint density at radius 1 is 0.907 bits per heavy atom. The molecule has 1 fully saturated rings. The third kappa shape index (κ3) is 8.74. The number of carbonyl (C=O) groups excluding carboxylic acids is 2. The van der Waals surface area contributed by atoms with Gasteiger partial charge in [0.05, 0.1) is 11.9 Å². The van der Waals surface area contributed by atoms with Crippen LogP contribution in [0.25, 0.3) is 0 Å². The van der Waals surface area contributed by atoms with Crippen molar-refractivity contribution < 1.29 is 18.0 Å². The smallest absolute Gasteiger partial charge is 0.244 e. The van der Waals surface area contributed by atoms with Crippen LogP contribution in [0.1, 0.15) is 54.4 Å².